The van der Waals surface area contributed by atoms with Gasteiger partial charge in [-0.1, -0.05) is 60.4 Å². The van der Waals surface area contributed by atoms with Gasteiger partial charge < -0.3 is 10.2 Å². The zero-order valence-corrected chi connectivity index (χ0v) is 9.48. The maximum atomic E-state index is 8.56. The Kier molecular flexibility index (Phi) is 8.08. The molecule has 0 unspecified atom stereocenters. The van der Waals surface area contributed by atoms with E-state index in [1.807, 2.05) is 0 Å². The first-order chi connectivity index (χ1) is 4.29. The van der Waals surface area contributed by atoms with E-state index in [1.165, 1.54) is 0 Å². The highest BCUT2D eigenvalue weighted by Gasteiger charge is 2.08. The Hall–Kier alpha value is 0.450. The number of hydrogen-bond acceptors (Lipinski definition) is 1. The fourth-order valence-corrected chi connectivity index (χ4v) is 0. The molecule has 60 valence electrons. The van der Waals surface area contributed by atoms with Crippen molar-refractivity contribution in [1.29, 1.82) is 0 Å². The van der Waals surface area contributed by atoms with Crippen molar-refractivity contribution in [3.63, 3.8) is 0 Å². The number of alkyl halides is 3. The minimum atomic E-state index is -1.83. The van der Waals surface area contributed by atoms with E-state index < -0.39 is 6.16 Å². The smallest absolute Gasteiger partial charge is 0.450 e. The van der Waals surface area contributed by atoms with Gasteiger partial charge in [-0.25, -0.2) is 4.79 Å². The largest absolute Gasteiger partial charge is 0.503 e. The number of carbonyl (C=O) groups is 1. The molecular weight excluding hydrogens is 336 g/mol. The number of carboxylic acid groups (broad SMARTS) is 2. The minimum Gasteiger partial charge on any atom is -0.450 e. The van der Waals surface area contributed by atoms with Gasteiger partial charge in [0.05, 0.1) is 0 Å². The summed E-state index contributed by atoms with van der Waals surface area (Å²) in [5, 5.41) is 13.9. The van der Waals surface area contributed by atoms with Crippen LogP contribution in [0.1, 0.15) is 0 Å². The van der Waals surface area contributed by atoms with Crippen molar-refractivity contribution in [2.75, 3.05) is 0 Å². The van der Waals surface area contributed by atoms with Crippen LogP contribution in [0.25, 0.3) is 0 Å². The van der Waals surface area contributed by atoms with Gasteiger partial charge in [-0.05, 0) is 0 Å². The molecule has 2 N–H and O–H groups in total. The summed E-state index contributed by atoms with van der Waals surface area (Å²) in [5.74, 6) is 0. The standard InChI is InChI=1S/C3H3Br3.CH2O3/c1-2-3(4,5)6;2-1(3)4/h2H,1H2;(H2,2,3,4). The lowest BCUT2D eigenvalue weighted by Gasteiger charge is -1.99. The molecule has 0 saturated heterocycles. The molecule has 0 fully saturated rings. The highest BCUT2D eigenvalue weighted by atomic mass is 80.0. The number of rotatable bonds is 0. The van der Waals surface area contributed by atoms with Gasteiger partial charge in [0.25, 0.3) is 0 Å². The molecule has 0 saturated carbocycles. The van der Waals surface area contributed by atoms with Gasteiger partial charge in [0.2, 0.25) is 0 Å². The summed E-state index contributed by atoms with van der Waals surface area (Å²) < 4.78 is -0.257. The van der Waals surface area contributed by atoms with Crippen LogP contribution in [0, 0.1) is 0 Å². The first-order valence-electron chi connectivity index (χ1n) is 1.92. The third-order valence-corrected chi connectivity index (χ3v) is 1.20. The van der Waals surface area contributed by atoms with E-state index in [9.17, 15) is 0 Å². The highest BCUT2D eigenvalue weighted by Crippen LogP contribution is 2.33. The van der Waals surface area contributed by atoms with Gasteiger partial charge in [0, 0.05) is 0 Å². The second-order valence-corrected chi connectivity index (χ2v) is 7.97. The summed E-state index contributed by atoms with van der Waals surface area (Å²) in [6, 6.07) is 0. The average Bonchev–Trinajstić information content (AvgIpc) is 1.63. The molecule has 0 aromatic rings. The monoisotopic (exact) mass is 338 g/mol. The number of allylic oxidation sites excluding steroid dienone is 1. The van der Waals surface area contributed by atoms with Crippen molar-refractivity contribution >= 4 is 53.9 Å². The molecule has 0 amide bonds. The van der Waals surface area contributed by atoms with Crippen molar-refractivity contribution in [3.8, 4) is 0 Å². The van der Waals surface area contributed by atoms with Crippen molar-refractivity contribution < 1.29 is 15.0 Å². The molecule has 0 aromatic heterocycles. The number of hydrogen-bond donors (Lipinski definition) is 2. The molecular formula is C4H5Br3O3. The topological polar surface area (TPSA) is 57.5 Å². The van der Waals surface area contributed by atoms with Gasteiger partial charge in [-0.3, -0.25) is 0 Å². The molecule has 0 aromatic carbocycles. The summed E-state index contributed by atoms with van der Waals surface area (Å²) in [6.45, 7) is 3.49. The summed E-state index contributed by atoms with van der Waals surface area (Å²) in [4.78, 5) is 8.56. The molecule has 3 nitrogen and oxygen atoms in total. The van der Waals surface area contributed by atoms with Crippen LogP contribution in [0.5, 0.6) is 0 Å². The fraction of sp³-hybridized carbons (Fsp3) is 0.250. The normalized spacial score (nSPS) is 9.10. The summed E-state index contributed by atoms with van der Waals surface area (Å²) in [7, 11) is 0. The molecule has 0 atom stereocenters. The second-order valence-electron chi connectivity index (χ2n) is 1.03. The van der Waals surface area contributed by atoms with Crippen LogP contribution < -0.4 is 0 Å². The predicted octanol–water partition coefficient (Wildman–Crippen LogP) is 3.23. The molecule has 6 heteroatoms. The molecule has 0 radical (unpaired) electrons. The van der Waals surface area contributed by atoms with Crippen LogP contribution >= 0.6 is 47.8 Å². The quantitative estimate of drug-likeness (QED) is 0.526. The van der Waals surface area contributed by atoms with E-state index in [1.54, 1.807) is 6.08 Å². The third-order valence-electron chi connectivity index (χ3n) is 0.231. The Morgan fingerprint density at radius 3 is 1.50 bits per heavy atom. The molecule has 0 bridgehead atoms. The Balaban J connectivity index is 0. The SMILES string of the molecule is C=CC(Br)(Br)Br.O=C(O)O. The van der Waals surface area contributed by atoms with Gasteiger partial charge in [-0.2, -0.15) is 0 Å². The van der Waals surface area contributed by atoms with E-state index in [4.69, 9.17) is 15.0 Å². The Bertz CT molecular complexity index is 113. The van der Waals surface area contributed by atoms with Gasteiger partial charge in [0.15, 0.2) is 2.14 Å². The molecule has 0 spiro atoms. The van der Waals surface area contributed by atoms with Crippen LogP contribution in [0.2, 0.25) is 0 Å². The maximum absolute atomic E-state index is 8.56. The van der Waals surface area contributed by atoms with E-state index in [0.717, 1.165) is 0 Å². The van der Waals surface area contributed by atoms with Crippen molar-refractivity contribution in [3.05, 3.63) is 12.7 Å². The zero-order chi connectivity index (χ0) is 8.78. The molecule has 0 aliphatic heterocycles. The van der Waals surface area contributed by atoms with Gasteiger partial charge in [-0.15, -0.1) is 0 Å². The molecule has 0 heterocycles. The highest BCUT2D eigenvalue weighted by molar-refractivity contribution is 9.39. The lowest BCUT2D eigenvalue weighted by molar-refractivity contribution is 0.137. The molecule has 0 aliphatic carbocycles. The van der Waals surface area contributed by atoms with Crippen LogP contribution in [0.4, 0.5) is 4.79 Å². The lowest BCUT2D eigenvalue weighted by Crippen LogP contribution is -1.87. The zero-order valence-electron chi connectivity index (χ0n) is 4.72. The van der Waals surface area contributed by atoms with E-state index in [2.05, 4.69) is 54.4 Å². The lowest BCUT2D eigenvalue weighted by atomic mass is 10.8. The molecule has 10 heavy (non-hydrogen) atoms. The third kappa shape index (κ3) is 39.4. The van der Waals surface area contributed by atoms with E-state index in [-0.39, 0.29) is 2.14 Å². The summed E-state index contributed by atoms with van der Waals surface area (Å²) in [5.41, 5.74) is 0. The van der Waals surface area contributed by atoms with E-state index in [0.29, 0.717) is 0 Å². The first kappa shape index (κ1) is 13.1. The fourth-order valence-electron chi connectivity index (χ4n) is 0. The van der Waals surface area contributed by atoms with Crippen molar-refractivity contribution in [1.82, 2.24) is 0 Å². The maximum Gasteiger partial charge on any atom is 0.503 e. The van der Waals surface area contributed by atoms with Gasteiger partial charge >= 0.3 is 6.16 Å². The van der Waals surface area contributed by atoms with Crippen LogP contribution in [0.15, 0.2) is 12.7 Å². The van der Waals surface area contributed by atoms with Crippen molar-refractivity contribution in [2.24, 2.45) is 0 Å². The Labute approximate surface area is 83.5 Å². The van der Waals surface area contributed by atoms with E-state index >= 15 is 0 Å². The number of halogens is 3. The Morgan fingerprint density at radius 2 is 1.50 bits per heavy atom. The van der Waals surface area contributed by atoms with Crippen LogP contribution in [-0.2, 0) is 0 Å². The summed E-state index contributed by atoms with van der Waals surface area (Å²) in [6.07, 6.45) is -0.146. The minimum absolute atomic E-state index is 0.257. The predicted molar refractivity (Wildman–Crippen MR) is 50.4 cm³/mol. The average molecular weight is 341 g/mol. The first-order valence-corrected chi connectivity index (χ1v) is 4.29. The Morgan fingerprint density at radius 1 is 1.40 bits per heavy atom. The molecule has 0 rings (SSSR count). The molecule has 0 aliphatic rings. The second kappa shape index (κ2) is 6.18. The van der Waals surface area contributed by atoms with Gasteiger partial charge in [0.1, 0.15) is 0 Å². The van der Waals surface area contributed by atoms with Crippen LogP contribution in [-0.4, -0.2) is 18.5 Å². The summed E-state index contributed by atoms with van der Waals surface area (Å²) >= 11 is 9.58. The van der Waals surface area contributed by atoms with Crippen LogP contribution in [0.3, 0.4) is 0 Å². The van der Waals surface area contributed by atoms with Crippen molar-refractivity contribution in [2.45, 2.75) is 2.14 Å².